The normalized spacial score (nSPS) is 13.4. The topological polar surface area (TPSA) is 29.9 Å². The number of nitrogens with one attached hydrogen (secondary N) is 1. The summed E-state index contributed by atoms with van der Waals surface area (Å²) in [5.41, 5.74) is 0. The number of hydrogen-bond acceptors (Lipinski definition) is 2. The minimum atomic E-state index is 0.494. The van der Waals surface area contributed by atoms with Crippen molar-refractivity contribution in [3.05, 3.63) is 18.5 Å². The van der Waals surface area contributed by atoms with Crippen LogP contribution in [-0.4, -0.2) is 22.4 Å². The monoisotopic (exact) mass is 195 g/mol. The first kappa shape index (κ1) is 11.2. The Labute approximate surface area is 86.5 Å². The Morgan fingerprint density at radius 3 is 2.71 bits per heavy atom. The lowest BCUT2D eigenvalue weighted by atomic mass is 10.1. The van der Waals surface area contributed by atoms with E-state index in [2.05, 4.69) is 31.2 Å². The summed E-state index contributed by atoms with van der Waals surface area (Å²) in [6.45, 7) is 8.74. The quantitative estimate of drug-likeness (QED) is 0.751. The molecule has 0 saturated carbocycles. The van der Waals surface area contributed by atoms with Crippen molar-refractivity contribution >= 4 is 0 Å². The minimum absolute atomic E-state index is 0.494. The van der Waals surface area contributed by atoms with Crippen molar-refractivity contribution in [2.45, 2.75) is 39.8 Å². The molecule has 0 amide bonds. The minimum Gasteiger partial charge on any atom is -0.312 e. The van der Waals surface area contributed by atoms with Crippen LogP contribution in [-0.2, 0) is 6.54 Å². The van der Waals surface area contributed by atoms with Crippen LogP contribution in [0.2, 0.25) is 0 Å². The number of aromatic nitrogens is 2. The van der Waals surface area contributed by atoms with Crippen LogP contribution >= 0.6 is 0 Å². The highest BCUT2D eigenvalue weighted by Crippen LogP contribution is 1.97. The summed E-state index contributed by atoms with van der Waals surface area (Å²) in [7, 11) is 0. The van der Waals surface area contributed by atoms with E-state index in [4.69, 9.17) is 0 Å². The second-order valence-electron chi connectivity index (χ2n) is 4.27. The van der Waals surface area contributed by atoms with E-state index in [0.29, 0.717) is 6.04 Å². The van der Waals surface area contributed by atoms with Gasteiger partial charge in [-0.1, -0.05) is 13.8 Å². The average molecular weight is 195 g/mol. The van der Waals surface area contributed by atoms with E-state index in [9.17, 15) is 0 Å². The summed E-state index contributed by atoms with van der Waals surface area (Å²) < 4.78 is 1.97. The van der Waals surface area contributed by atoms with Crippen LogP contribution in [0, 0.1) is 5.92 Å². The van der Waals surface area contributed by atoms with Gasteiger partial charge in [0.2, 0.25) is 0 Å². The van der Waals surface area contributed by atoms with Crippen LogP contribution in [0.15, 0.2) is 18.5 Å². The molecule has 0 aliphatic heterocycles. The smallest absolute Gasteiger partial charge is 0.0559 e. The fourth-order valence-electron chi connectivity index (χ4n) is 1.37. The molecule has 0 aliphatic carbocycles. The highest BCUT2D eigenvalue weighted by molar-refractivity contribution is 4.78. The number of rotatable bonds is 6. The molecule has 0 radical (unpaired) electrons. The molecule has 0 saturated heterocycles. The van der Waals surface area contributed by atoms with E-state index >= 15 is 0 Å². The van der Waals surface area contributed by atoms with Crippen molar-refractivity contribution < 1.29 is 0 Å². The summed E-state index contributed by atoms with van der Waals surface area (Å²) in [4.78, 5) is 0. The van der Waals surface area contributed by atoms with Crippen LogP contribution in [0.1, 0.15) is 27.2 Å². The second kappa shape index (κ2) is 5.81. The molecule has 1 aromatic rings. The molecule has 3 nitrogen and oxygen atoms in total. The van der Waals surface area contributed by atoms with Crippen LogP contribution in [0.5, 0.6) is 0 Å². The van der Waals surface area contributed by atoms with Crippen LogP contribution in [0.3, 0.4) is 0 Å². The van der Waals surface area contributed by atoms with Gasteiger partial charge in [-0.3, -0.25) is 4.68 Å². The van der Waals surface area contributed by atoms with Crippen molar-refractivity contribution in [3.63, 3.8) is 0 Å². The molecule has 0 aromatic carbocycles. The zero-order valence-electron chi connectivity index (χ0n) is 9.40. The van der Waals surface area contributed by atoms with Gasteiger partial charge in [-0.05, 0) is 31.9 Å². The van der Waals surface area contributed by atoms with Gasteiger partial charge in [0.15, 0.2) is 0 Å². The van der Waals surface area contributed by atoms with Gasteiger partial charge in [-0.15, -0.1) is 0 Å². The molecule has 1 aromatic heterocycles. The lowest BCUT2D eigenvalue weighted by Gasteiger charge is -2.14. The summed E-state index contributed by atoms with van der Waals surface area (Å²) >= 11 is 0. The van der Waals surface area contributed by atoms with Gasteiger partial charge in [0.05, 0.1) is 6.54 Å². The molecule has 1 N–H and O–H groups in total. The third-order valence-corrected chi connectivity index (χ3v) is 2.23. The molecule has 0 fully saturated rings. The van der Waals surface area contributed by atoms with Crippen molar-refractivity contribution in [3.8, 4) is 0 Å². The zero-order valence-corrected chi connectivity index (χ0v) is 9.40. The van der Waals surface area contributed by atoms with Crippen LogP contribution in [0.4, 0.5) is 0 Å². The van der Waals surface area contributed by atoms with E-state index < -0.39 is 0 Å². The maximum Gasteiger partial charge on any atom is 0.0559 e. The molecule has 1 rings (SSSR count). The first-order valence-corrected chi connectivity index (χ1v) is 5.39. The largest absolute Gasteiger partial charge is 0.312 e. The van der Waals surface area contributed by atoms with Gasteiger partial charge in [0, 0.05) is 18.4 Å². The Kier molecular flexibility index (Phi) is 4.66. The van der Waals surface area contributed by atoms with E-state index in [1.807, 2.05) is 23.1 Å². The Hall–Kier alpha value is -0.830. The van der Waals surface area contributed by atoms with Crippen molar-refractivity contribution in [1.82, 2.24) is 15.1 Å². The summed E-state index contributed by atoms with van der Waals surface area (Å²) in [5.74, 6) is 0.777. The van der Waals surface area contributed by atoms with Gasteiger partial charge in [-0.2, -0.15) is 5.10 Å². The standard InChI is InChI=1S/C11H21N3/c1-10(2)5-7-12-11(3)9-14-8-4-6-13-14/h4,6,8,10-12H,5,7,9H2,1-3H3. The molecule has 0 spiro atoms. The highest BCUT2D eigenvalue weighted by atomic mass is 15.3. The van der Waals surface area contributed by atoms with E-state index in [1.54, 1.807) is 0 Å². The van der Waals surface area contributed by atoms with Crippen LogP contribution in [0.25, 0.3) is 0 Å². The summed E-state index contributed by atoms with van der Waals surface area (Å²) in [5, 5.41) is 7.67. The second-order valence-corrected chi connectivity index (χ2v) is 4.27. The Balaban J connectivity index is 2.13. The Morgan fingerprint density at radius 1 is 1.36 bits per heavy atom. The van der Waals surface area contributed by atoms with Gasteiger partial charge >= 0.3 is 0 Å². The number of nitrogens with zero attached hydrogens (tertiary/aromatic N) is 2. The molecule has 0 aliphatic rings. The molecule has 1 heterocycles. The van der Waals surface area contributed by atoms with E-state index in [1.165, 1.54) is 6.42 Å². The SMILES string of the molecule is CC(C)CCNC(C)Cn1cccn1. The molecule has 0 bridgehead atoms. The number of hydrogen-bond donors (Lipinski definition) is 1. The van der Waals surface area contributed by atoms with Crippen molar-refractivity contribution in [2.75, 3.05) is 6.54 Å². The van der Waals surface area contributed by atoms with Crippen molar-refractivity contribution in [2.24, 2.45) is 5.92 Å². The van der Waals surface area contributed by atoms with Gasteiger partial charge < -0.3 is 5.32 Å². The molecule has 80 valence electrons. The third-order valence-electron chi connectivity index (χ3n) is 2.23. The average Bonchev–Trinajstić information content (AvgIpc) is 2.56. The zero-order chi connectivity index (χ0) is 10.4. The van der Waals surface area contributed by atoms with E-state index in [-0.39, 0.29) is 0 Å². The molecular weight excluding hydrogens is 174 g/mol. The summed E-state index contributed by atoms with van der Waals surface area (Å²) in [6.07, 6.45) is 5.06. The van der Waals surface area contributed by atoms with Crippen LogP contribution < -0.4 is 5.32 Å². The van der Waals surface area contributed by atoms with Gasteiger partial charge in [0.25, 0.3) is 0 Å². The molecule has 3 heteroatoms. The molecule has 1 atom stereocenters. The van der Waals surface area contributed by atoms with Gasteiger partial charge in [-0.25, -0.2) is 0 Å². The maximum absolute atomic E-state index is 4.18. The fraction of sp³-hybridized carbons (Fsp3) is 0.727. The predicted molar refractivity (Wildman–Crippen MR) is 59.1 cm³/mol. The first-order valence-electron chi connectivity index (χ1n) is 5.39. The summed E-state index contributed by atoms with van der Waals surface area (Å²) in [6, 6.07) is 2.45. The lowest BCUT2D eigenvalue weighted by Crippen LogP contribution is -2.31. The fourth-order valence-corrected chi connectivity index (χ4v) is 1.37. The lowest BCUT2D eigenvalue weighted by molar-refractivity contribution is 0.429. The highest BCUT2D eigenvalue weighted by Gasteiger charge is 2.02. The maximum atomic E-state index is 4.18. The third kappa shape index (κ3) is 4.42. The first-order chi connectivity index (χ1) is 6.68. The Bertz CT molecular complexity index is 229. The van der Waals surface area contributed by atoms with Crippen molar-refractivity contribution in [1.29, 1.82) is 0 Å². The molecule has 1 unspecified atom stereocenters. The predicted octanol–water partition coefficient (Wildman–Crippen LogP) is 1.91. The van der Waals surface area contributed by atoms with E-state index in [0.717, 1.165) is 19.0 Å². The molecular formula is C11H21N3. The molecule has 14 heavy (non-hydrogen) atoms. The van der Waals surface area contributed by atoms with Gasteiger partial charge in [0.1, 0.15) is 0 Å². The Morgan fingerprint density at radius 2 is 2.14 bits per heavy atom.